The fourth-order valence-corrected chi connectivity index (χ4v) is 3.70. The molecule has 1 atom stereocenters. The molecule has 0 bridgehead atoms. The normalized spacial score (nSPS) is 21.7. The Kier molecular flexibility index (Phi) is 4.60. The Labute approximate surface area is 143 Å². The first-order valence-corrected chi connectivity index (χ1v) is 8.82. The van der Waals surface area contributed by atoms with E-state index in [0.717, 1.165) is 63.7 Å². The summed E-state index contributed by atoms with van der Waals surface area (Å²) in [5, 5.41) is 0. The summed E-state index contributed by atoms with van der Waals surface area (Å²) in [5.41, 5.74) is 1.36. The molecule has 1 aromatic heterocycles. The number of nitrogens with zero attached hydrogens (tertiary/aromatic N) is 4. The van der Waals surface area contributed by atoms with Crippen LogP contribution in [-0.2, 0) is 6.42 Å². The van der Waals surface area contributed by atoms with Crippen LogP contribution in [0.4, 0.5) is 5.82 Å². The molecule has 0 aliphatic carbocycles. The SMILES string of the molecule is c1ccc2c(c1)C[C@@H](CN1CCN(c3cnccn3)CC1)CCO2. The quantitative estimate of drug-likeness (QED) is 0.866. The van der Waals surface area contributed by atoms with Gasteiger partial charge in [0.25, 0.3) is 0 Å². The van der Waals surface area contributed by atoms with Crippen LogP contribution in [0, 0.1) is 5.92 Å². The zero-order valence-electron chi connectivity index (χ0n) is 14.0. The highest BCUT2D eigenvalue weighted by Crippen LogP contribution is 2.27. The summed E-state index contributed by atoms with van der Waals surface area (Å²) in [7, 11) is 0. The maximum Gasteiger partial charge on any atom is 0.147 e. The maximum absolute atomic E-state index is 5.90. The number of hydrogen-bond donors (Lipinski definition) is 0. The van der Waals surface area contributed by atoms with E-state index < -0.39 is 0 Å². The van der Waals surface area contributed by atoms with Crippen molar-refractivity contribution in [3.05, 3.63) is 48.4 Å². The smallest absolute Gasteiger partial charge is 0.147 e. The second-order valence-electron chi connectivity index (χ2n) is 6.67. The molecule has 0 saturated carbocycles. The Morgan fingerprint density at radius 1 is 1.08 bits per heavy atom. The Balaban J connectivity index is 1.32. The number of rotatable bonds is 3. The van der Waals surface area contributed by atoms with Gasteiger partial charge in [-0.05, 0) is 30.4 Å². The molecule has 0 unspecified atom stereocenters. The lowest BCUT2D eigenvalue weighted by Gasteiger charge is -2.36. The first-order chi connectivity index (χ1) is 11.9. The fourth-order valence-electron chi connectivity index (χ4n) is 3.70. The molecule has 0 radical (unpaired) electrons. The lowest BCUT2D eigenvalue weighted by atomic mass is 9.96. The van der Waals surface area contributed by atoms with Crippen molar-refractivity contribution in [2.45, 2.75) is 12.8 Å². The molecule has 3 heterocycles. The molecule has 126 valence electrons. The van der Waals surface area contributed by atoms with Crippen LogP contribution >= 0.6 is 0 Å². The second kappa shape index (κ2) is 7.18. The number of anilines is 1. The number of para-hydroxylation sites is 1. The second-order valence-corrected chi connectivity index (χ2v) is 6.67. The van der Waals surface area contributed by atoms with E-state index in [1.807, 2.05) is 6.20 Å². The third-order valence-corrected chi connectivity index (χ3v) is 5.03. The van der Waals surface area contributed by atoms with Crippen LogP contribution in [0.25, 0.3) is 0 Å². The first-order valence-electron chi connectivity index (χ1n) is 8.82. The van der Waals surface area contributed by atoms with E-state index in [1.165, 1.54) is 5.56 Å². The molecule has 0 amide bonds. The Morgan fingerprint density at radius 3 is 2.79 bits per heavy atom. The van der Waals surface area contributed by atoms with E-state index in [4.69, 9.17) is 4.74 Å². The molecular weight excluding hydrogens is 300 g/mol. The van der Waals surface area contributed by atoms with Crippen molar-refractivity contribution >= 4 is 5.82 Å². The molecule has 24 heavy (non-hydrogen) atoms. The van der Waals surface area contributed by atoms with E-state index in [9.17, 15) is 0 Å². The molecule has 2 aliphatic heterocycles. The van der Waals surface area contributed by atoms with Crippen LogP contribution in [0.3, 0.4) is 0 Å². The summed E-state index contributed by atoms with van der Waals surface area (Å²) >= 11 is 0. The largest absolute Gasteiger partial charge is 0.493 e. The average Bonchev–Trinajstić information content (AvgIpc) is 2.85. The third kappa shape index (κ3) is 3.51. The van der Waals surface area contributed by atoms with Gasteiger partial charge in [-0.3, -0.25) is 9.88 Å². The predicted molar refractivity (Wildman–Crippen MR) is 94.4 cm³/mol. The average molecular weight is 324 g/mol. The highest BCUT2D eigenvalue weighted by atomic mass is 16.5. The van der Waals surface area contributed by atoms with E-state index in [0.29, 0.717) is 5.92 Å². The van der Waals surface area contributed by atoms with Gasteiger partial charge in [-0.2, -0.15) is 0 Å². The summed E-state index contributed by atoms with van der Waals surface area (Å²) in [6.07, 6.45) is 7.62. The summed E-state index contributed by atoms with van der Waals surface area (Å²) in [5.74, 6) is 2.75. The number of ether oxygens (including phenoxy) is 1. The van der Waals surface area contributed by atoms with Crippen molar-refractivity contribution < 1.29 is 4.74 Å². The molecule has 2 aromatic rings. The van der Waals surface area contributed by atoms with E-state index >= 15 is 0 Å². The van der Waals surface area contributed by atoms with Crippen LogP contribution in [0.1, 0.15) is 12.0 Å². The molecule has 0 spiro atoms. The zero-order chi connectivity index (χ0) is 16.2. The number of fused-ring (bicyclic) bond motifs is 1. The number of aromatic nitrogens is 2. The zero-order valence-corrected chi connectivity index (χ0v) is 14.0. The van der Waals surface area contributed by atoms with E-state index in [2.05, 4.69) is 44.0 Å². The number of hydrogen-bond acceptors (Lipinski definition) is 5. The van der Waals surface area contributed by atoms with Crippen LogP contribution in [0.15, 0.2) is 42.9 Å². The van der Waals surface area contributed by atoms with Crippen molar-refractivity contribution in [1.82, 2.24) is 14.9 Å². The van der Waals surface area contributed by atoms with Gasteiger partial charge in [-0.15, -0.1) is 0 Å². The molecule has 5 heteroatoms. The standard InChI is InChI=1S/C19H24N4O/c1-2-4-18-17(3-1)13-16(5-12-24-18)15-22-8-10-23(11-9-22)19-14-20-6-7-21-19/h1-4,6-7,14,16H,5,8-13,15H2/t16-/m0/s1. The Bertz CT molecular complexity index is 655. The van der Waals surface area contributed by atoms with Gasteiger partial charge < -0.3 is 9.64 Å². The minimum absolute atomic E-state index is 0.678. The van der Waals surface area contributed by atoms with Gasteiger partial charge in [0.05, 0.1) is 12.8 Å². The summed E-state index contributed by atoms with van der Waals surface area (Å²) in [4.78, 5) is 13.5. The van der Waals surface area contributed by atoms with Gasteiger partial charge in [-0.25, -0.2) is 4.98 Å². The third-order valence-electron chi connectivity index (χ3n) is 5.03. The van der Waals surface area contributed by atoms with E-state index in [1.54, 1.807) is 12.4 Å². The monoisotopic (exact) mass is 324 g/mol. The fraction of sp³-hybridized carbons (Fsp3) is 0.474. The molecule has 2 aliphatic rings. The summed E-state index contributed by atoms with van der Waals surface area (Å²) in [6.45, 7) is 6.23. The minimum atomic E-state index is 0.678. The molecule has 0 N–H and O–H groups in total. The van der Waals surface area contributed by atoms with Gasteiger partial charge in [0, 0.05) is 45.1 Å². The molecular formula is C19H24N4O. The summed E-state index contributed by atoms with van der Waals surface area (Å²) < 4.78 is 5.90. The van der Waals surface area contributed by atoms with Crippen LogP contribution in [0.2, 0.25) is 0 Å². The number of benzene rings is 1. The Morgan fingerprint density at radius 2 is 1.96 bits per heavy atom. The van der Waals surface area contributed by atoms with Crippen LogP contribution in [0.5, 0.6) is 5.75 Å². The van der Waals surface area contributed by atoms with Crippen molar-refractivity contribution in [3.8, 4) is 5.75 Å². The van der Waals surface area contributed by atoms with Gasteiger partial charge in [0.1, 0.15) is 11.6 Å². The first kappa shape index (κ1) is 15.4. The highest BCUT2D eigenvalue weighted by molar-refractivity contribution is 5.36. The van der Waals surface area contributed by atoms with Crippen molar-refractivity contribution in [2.24, 2.45) is 5.92 Å². The lowest BCUT2D eigenvalue weighted by Crippen LogP contribution is -2.48. The van der Waals surface area contributed by atoms with Gasteiger partial charge in [-0.1, -0.05) is 18.2 Å². The minimum Gasteiger partial charge on any atom is -0.493 e. The van der Waals surface area contributed by atoms with Gasteiger partial charge in [0.15, 0.2) is 0 Å². The van der Waals surface area contributed by atoms with Crippen LogP contribution < -0.4 is 9.64 Å². The molecule has 1 aromatic carbocycles. The van der Waals surface area contributed by atoms with Gasteiger partial charge >= 0.3 is 0 Å². The predicted octanol–water partition coefficient (Wildman–Crippen LogP) is 2.24. The molecule has 1 saturated heterocycles. The highest BCUT2D eigenvalue weighted by Gasteiger charge is 2.23. The molecule has 1 fully saturated rings. The molecule has 4 rings (SSSR count). The maximum atomic E-state index is 5.90. The lowest BCUT2D eigenvalue weighted by molar-refractivity contribution is 0.200. The van der Waals surface area contributed by atoms with Crippen molar-refractivity contribution in [3.63, 3.8) is 0 Å². The van der Waals surface area contributed by atoms with E-state index in [-0.39, 0.29) is 0 Å². The van der Waals surface area contributed by atoms with Gasteiger partial charge in [0.2, 0.25) is 0 Å². The van der Waals surface area contributed by atoms with Crippen LogP contribution in [-0.4, -0.2) is 54.2 Å². The molecule has 5 nitrogen and oxygen atoms in total. The Hall–Kier alpha value is -2.14. The van der Waals surface area contributed by atoms with Crippen molar-refractivity contribution in [2.75, 3.05) is 44.2 Å². The topological polar surface area (TPSA) is 41.5 Å². The van der Waals surface area contributed by atoms with Crippen molar-refractivity contribution in [1.29, 1.82) is 0 Å². The number of piperazine rings is 1. The summed E-state index contributed by atoms with van der Waals surface area (Å²) in [6, 6.07) is 8.48.